The lowest BCUT2D eigenvalue weighted by molar-refractivity contribution is 0.660. The van der Waals surface area contributed by atoms with Crippen LogP contribution >= 0.6 is 0 Å². The van der Waals surface area contributed by atoms with Crippen LogP contribution in [-0.4, -0.2) is 0 Å². The third kappa shape index (κ3) is 4.14. The van der Waals surface area contributed by atoms with Gasteiger partial charge in [0.05, 0.1) is 0 Å². The largest absolute Gasteiger partial charge is 0.0870 e. The average Bonchev–Trinajstić information content (AvgIpc) is 3.51. The van der Waals surface area contributed by atoms with Crippen LogP contribution in [0, 0.1) is 0 Å². The minimum atomic E-state index is 0.000199. The van der Waals surface area contributed by atoms with Gasteiger partial charge in [-0.3, -0.25) is 0 Å². The van der Waals surface area contributed by atoms with E-state index >= 15 is 0 Å². The van der Waals surface area contributed by atoms with Gasteiger partial charge in [0.15, 0.2) is 0 Å². The molecule has 0 fully saturated rings. The Labute approximate surface area is 277 Å². The lowest BCUT2D eigenvalue weighted by Crippen LogP contribution is -2.14. The summed E-state index contributed by atoms with van der Waals surface area (Å²) in [4.78, 5) is 0. The third-order valence-electron chi connectivity index (χ3n) is 10.7. The molecule has 0 spiro atoms. The van der Waals surface area contributed by atoms with Gasteiger partial charge in [0.25, 0.3) is 0 Å². The van der Waals surface area contributed by atoms with E-state index in [-0.39, 0.29) is 5.41 Å². The van der Waals surface area contributed by atoms with Crippen LogP contribution in [0.4, 0.5) is 0 Å². The number of hydrogen-bond acceptors (Lipinski definition) is 0. The van der Waals surface area contributed by atoms with Gasteiger partial charge in [-0.2, -0.15) is 0 Å². The number of allylic oxidation sites excluding steroid dienone is 4. The molecule has 7 aromatic carbocycles. The van der Waals surface area contributed by atoms with E-state index in [9.17, 15) is 0 Å². The standard InChI is InChI=1S/C47H36/c1-5-10-37-29(2)38-14-9-15-42-39(23-24-43(37)46(38)42)36-12-8-11-30(27-36)31-17-18-33-26-34(20-19-32(33)25-31)35-21-22-41-40-13-6-7-16-44(40)47(3,4)45(41)28-35/h5-28H,1-4H3. The molecule has 0 unspecified atom stereocenters. The summed E-state index contributed by atoms with van der Waals surface area (Å²) in [5, 5.41) is 5.21. The second-order valence-electron chi connectivity index (χ2n) is 13.7. The van der Waals surface area contributed by atoms with Gasteiger partial charge in [0, 0.05) is 5.41 Å². The van der Waals surface area contributed by atoms with E-state index in [0.717, 1.165) is 0 Å². The zero-order chi connectivity index (χ0) is 31.9. The number of rotatable bonds is 4. The molecule has 9 rings (SSSR count). The highest BCUT2D eigenvalue weighted by Gasteiger charge is 2.35. The quantitative estimate of drug-likeness (QED) is 0.188. The normalized spacial score (nSPS) is 14.4. The van der Waals surface area contributed by atoms with Crippen LogP contribution in [0.1, 0.15) is 49.9 Å². The van der Waals surface area contributed by atoms with E-state index in [1.54, 1.807) is 0 Å². The Kier molecular flexibility index (Phi) is 6.08. The van der Waals surface area contributed by atoms with Gasteiger partial charge in [-0.1, -0.05) is 135 Å². The molecule has 7 aromatic rings. The molecule has 0 atom stereocenters. The molecule has 224 valence electrons. The van der Waals surface area contributed by atoms with Gasteiger partial charge in [-0.15, -0.1) is 0 Å². The van der Waals surface area contributed by atoms with Crippen LogP contribution in [-0.2, 0) is 5.41 Å². The fourth-order valence-corrected chi connectivity index (χ4v) is 8.28. The molecule has 0 amide bonds. The Hall–Kier alpha value is -5.46. The molecule has 47 heavy (non-hydrogen) atoms. The second kappa shape index (κ2) is 10.3. The molecule has 0 aliphatic heterocycles. The SMILES string of the molecule is CC=CC1=C(C)c2cccc3c(-c4cccc(-c5ccc6cc(-c7ccc8c(c7)C(C)(C)c7ccccc7-8)ccc6c5)c4)ccc1c23. The van der Waals surface area contributed by atoms with Gasteiger partial charge in [-0.05, 0) is 138 Å². The first-order chi connectivity index (χ1) is 22.9. The van der Waals surface area contributed by atoms with Crippen LogP contribution in [0.5, 0.6) is 0 Å². The zero-order valence-electron chi connectivity index (χ0n) is 27.4. The van der Waals surface area contributed by atoms with Crippen molar-refractivity contribution in [2.75, 3.05) is 0 Å². The van der Waals surface area contributed by atoms with Crippen molar-refractivity contribution in [1.82, 2.24) is 0 Å². The summed E-state index contributed by atoms with van der Waals surface area (Å²) in [6.45, 7) is 9.05. The van der Waals surface area contributed by atoms with Gasteiger partial charge in [0.1, 0.15) is 0 Å². The first kappa shape index (κ1) is 27.8. The van der Waals surface area contributed by atoms with E-state index < -0.39 is 0 Å². The van der Waals surface area contributed by atoms with Gasteiger partial charge >= 0.3 is 0 Å². The first-order valence-electron chi connectivity index (χ1n) is 16.7. The van der Waals surface area contributed by atoms with Crippen LogP contribution in [0.25, 0.3) is 77.2 Å². The van der Waals surface area contributed by atoms with E-state index in [2.05, 4.69) is 173 Å². The highest BCUT2D eigenvalue weighted by molar-refractivity contribution is 6.18. The molecular formula is C47H36. The predicted molar refractivity (Wildman–Crippen MR) is 203 cm³/mol. The molecule has 0 N–H and O–H groups in total. The Morgan fingerprint density at radius 3 is 1.85 bits per heavy atom. The lowest BCUT2D eigenvalue weighted by Gasteiger charge is -2.22. The van der Waals surface area contributed by atoms with Crippen molar-refractivity contribution >= 4 is 32.7 Å². The monoisotopic (exact) mass is 600 g/mol. The summed E-state index contributed by atoms with van der Waals surface area (Å²) in [7, 11) is 0. The maximum atomic E-state index is 2.41. The zero-order valence-corrected chi connectivity index (χ0v) is 27.4. The topological polar surface area (TPSA) is 0 Å². The Balaban J connectivity index is 1.07. The highest BCUT2D eigenvalue weighted by Crippen LogP contribution is 2.50. The summed E-state index contributed by atoms with van der Waals surface area (Å²) in [5.74, 6) is 0. The van der Waals surface area contributed by atoms with Gasteiger partial charge in [0.2, 0.25) is 0 Å². The minimum absolute atomic E-state index is 0.000199. The van der Waals surface area contributed by atoms with E-state index in [1.165, 1.54) is 99.5 Å². The number of fused-ring (bicyclic) bond motifs is 4. The van der Waals surface area contributed by atoms with Crippen molar-refractivity contribution in [2.24, 2.45) is 0 Å². The minimum Gasteiger partial charge on any atom is -0.0870 e. The fraction of sp³-hybridized carbons (Fsp3) is 0.106. The van der Waals surface area contributed by atoms with Crippen LogP contribution in [0.15, 0.2) is 146 Å². The Morgan fingerprint density at radius 1 is 0.468 bits per heavy atom. The van der Waals surface area contributed by atoms with Crippen molar-refractivity contribution in [3.8, 4) is 44.5 Å². The summed E-state index contributed by atoms with van der Waals surface area (Å²) in [6.07, 6.45) is 4.39. The fourth-order valence-electron chi connectivity index (χ4n) is 8.28. The predicted octanol–water partition coefficient (Wildman–Crippen LogP) is 13.1. The molecule has 0 heterocycles. The van der Waals surface area contributed by atoms with E-state index in [0.29, 0.717) is 0 Å². The number of hydrogen-bond donors (Lipinski definition) is 0. The molecule has 0 bridgehead atoms. The van der Waals surface area contributed by atoms with Crippen molar-refractivity contribution < 1.29 is 0 Å². The Morgan fingerprint density at radius 2 is 1.06 bits per heavy atom. The van der Waals surface area contributed by atoms with E-state index in [1.807, 2.05) is 0 Å². The van der Waals surface area contributed by atoms with E-state index in [4.69, 9.17) is 0 Å². The molecule has 2 aliphatic carbocycles. The van der Waals surface area contributed by atoms with Crippen molar-refractivity contribution in [1.29, 1.82) is 0 Å². The molecule has 0 saturated heterocycles. The summed E-state index contributed by atoms with van der Waals surface area (Å²) in [5.41, 5.74) is 18.5. The molecule has 2 aliphatic rings. The van der Waals surface area contributed by atoms with Gasteiger partial charge in [-0.25, -0.2) is 0 Å². The molecular weight excluding hydrogens is 565 g/mol. The summed E-state index contributed by atoms with van der Waals surface area (Å²) < 4.78 is 0. The van der Waals surface area contributed by atoms with Crippen molar-refractivity contribution in [2.45, 2.75) is 33.1 Å². The van der Waals surface area contributed by atoms with Gasteiger partial charge < -0.3 is 0 Å². The average molecular weight is 601 g/mol. The highest BCUT2D eigenvalue weighted by atomic mass is 14.4. The number of benzene rings is 7. The van der Waals surface area contributed by atoms with Crippen LogP contribution in [0.2, 0.25) is 0 Å². The maximum absolute atomic E-state index is 2.41. The van der Waals surface area contributed by atoms with Crippen LogP contribution < -0.4 is 0 Å². The smallest absolute Gasteiger partial charge is 0.0159 e. The second-order valence-corrected chi connectivity index (χ2v) is 13.7. The molecule has 0 saturated carbocycles. The van der Waals surface area contributed by atoms with Crippen molar-refractivity contribution in [3.05, 3.63) is 168 Å². The molecule has 0 aromatic heterocycles. The molecule has 0 heteroatoms. The molecule has 0 nitrogen and oxygen atoms in total. The summed E-state index contributed by atoms with van der Waals surface area (Å²) in [6, 6.07) is 50.1. The maximum Gasteiger partial charge on any atom is 0.0159 e. The third-order valence-corrected chi connectivity index (χ3v) is 10.7. The first-order valence-corrected chi connectivity index (χ1v) is 16.7. The van der Waals surface area contributed by atoms with Crippen molar-refractivity contribution in [3.63, 3.8) is 0 Å². The van der Waals surface area contributed by atoms with Crippen LogP contribution in [0.3, 0.4) is 0 Å². The molecule has 0 radical (unpaired) electrons. The Bertz CT molecular complexity index is 2500. The lowest BCUT2D eigenvalue weighted by atomic mass is 9.81. The summed E-state index contributed by atoms with van der Waals surface area (Å²) >= 11 is 0.